The molecule has 6 N–H and O–H groups in total. The van der Waals surface area contributed by atoms with Crippen molar-refractivity contribution in [3.63, 3.8) is 0 Å². The molecule has 0 unspecified atom stereocenters. The van der Waals surface area contributed by atoms with Crippen LogP contribution in [0, 0.1) is 12.8 Å². The number of carbonyl (C=O) groups is 2. The van der Waals surface area contributed by atoms with Gasteiger partial charge in [-0.1, -0.05) is 0 Å². The average molecular weight is 420 g/mol. The summed E-state index contributed by atoms with van der Waals surface area (Å²) < 4.78 is 5.15. The minimum Gasteiger partial charge on any atom is -0.508 e. The third-order valence-electron chi connectivity index (χ3n) is 5.73. The average Bonchev–Trinajstić information content (AvgIpc) is 2.69. The summed E-state index contributed by atoms with van der Waals surface area (Å²) in [4.78, 5) is 25.4. The Hall–Kier alpha value is -2.72. The number of phenols is 3. The largest absolute Gasteiger partial charge is 0.508 e. The summed E-state index contributed by atoms with van der Waals surface area (Å²) in [6, 6.07) is 2.80. The normalized spacial score (nSPS) is 21.9. The fourth-order valence-corrected chi connectivity index (χ4v) is 4.00. The van der Waals surface area contributed by atoms with Gasteiger partial charge in [-0.15, -0.1) is 0 Å². The van der Waals surface area contributed by atoms with E-state index in [-0.39, 0.29) is 45.4 Å². The zero-order valence-electron chi connectivity index (χ0n) is 16.7. The van der Waals surface area contributed by atoms with Crippen molar-refractivity contribution in [1.82, 2.24) is 0 Å². The molecule has 2 aromatic carbocycles. The van der Waals surface area contributed by atoms with E-state index >= 15 is 0 Å². The molecule has 0 radical (unpaired) electrons. The zero-order valence-corrected chi connectivity index (χ0v) is 16.7. The fourth-order valence-electron chi connectivity index (χ4n) is 4.00. The summed E-state index contributed by atoms with van der Waals surface area (Å²) >= 11 is 0. The molecular weight excluding hydrogens is 396 g/mol. The summed E-state index contributed by atoms with van der Waals surface area (Å²) in [6.07, 6.45) is -6.32. The lowest BCUT2D eigenvalue weighted by atomic mass is 9.75. The Bertz CT molecular complexity index is 1030. The van der Waals surface area contributed by atoms with E-state index in [0.29, 0.717) is 0 Å². The van der Waals surface area contributed by atoms with Gasteiger partial charge in [-0.3, -0.25) is 9.59 Å². The van der Waals surface area contributed by atoms with Gasteiger partial charge in [0.05, 0.1) is 17.1 Å². The van der Waals surface area contributed by atoms with Crippen LogP contribution in [0.3, 0.4) is 0 Å². The van der Waals surface area contributed by atoms with Gasteiger partial charge in [-0.25, -0.2) is 0 Å². The highest BCUT2D eigenvalue weighted by molar-refractivity contribution is 6.11. The van der Waals surface area contributed by atoms with Crippen molar-refractivity contribution >= 4 is 22.3 Å². The molecular formula is C21H24O9. The number of aromatic hydroxyl groups is 3. The highest BCUT2D eigenvalue weighted by atomic mass is 16.5. The quantitative estimate of drug-likeness (QED) is 0.399. The third kappa shape index (κ3) is 3.29. The summed E-state index contributed by atoms with van der Waals surface area (Å²) in [6.45, 7) is 2.66. The lowest BCUT2D eigenvalue weighted by Gasteiger charge is -2.34. The SMILES string of the molecule is CO[C@H](C(=O)[C@H](O)[C@@H](C)O)[C@H]1Cc2cc3cc(O)c(C)c(O)c3c(O)c2C(=O)[C@@H]1O. The van der Waals surface area contributed by atoms with E-state index in [1.54, 1.807) is 0 Å². The number of ketones is 2. The first kappa shape index (κ1) is 22.0. The predicted octanol–water partition coefficient (Wildman–Crippen LogP) is 0.307. The molecule has 0 aliphatic heterocycles. The lowest BCUT2D eigenvalue weighted by molar-refractivity contribution is -0.148. The molecule has 0 aromatic heterocycles. The van der Waals surface area contributed by atoms with Gasteiger partial charge in [-0.2, -0.15) is 0 Å². The maximum atomic E-state index is 12.9. The van der Waals surface area contributed by atoms with Gasteiger partial charge in [0.25, 0.3) is 0 Å². The van der Waals surface area contributed by atoms with Crippen LogP contribution in [-0.2, 0) is 16.0 Å². The fraction of sp³-hybridized carbons (Fsp3) is 0.429. The van der Waals surface area contributed by atoms with Crippen molar-refractivity contribution in [3.8, 4) is 17.2 Å². The van der Waals surface area contributed by atoms with Crippen LogP contribution < -0.4 is 0 Å². The maximum absolute atomic E-state index is 12.9. The van der Waals surface area contributed by atoms with E-state index in [1.165, 1.54) is 33.1 Å². The summed E-state index contributed by atoms with van der Waals surface area (Å²) in [5.41, 5.74) is 0.214. The molecule has 1 aliphatic rings. The number of aliphatic hydroxyl groups is 3. The van der Waals surface area contributed by atoms with Crippen LogP contribution in [0.15, 0.2) is 12.1 Å². The van der Waals surface area contributed by atoms with Crippen molar-refractivity contribution in [3.05, 3.63) is 28.8 Å². The second kappa shape index (κ2) is 7.84. The number of hydrogen-bond donors (Lipinski definition) is 6. The number of benzene rings is 2. The monoisotopic (exact) mass is 420 g/mol. The van der Waals surface area contributed by atoms with Gasteiger partial charge in [0.2, 0.25) is 0 Å². The molecule has 30 heavy (non-hydrogen) atoms. The second-order valence-electron chi connectivity index (χ2n) is 7.65. The van der Waals surface area contributed by atoms with E-state index in [9.17, 15) is 40.2 Å². The van der Waals surface area contributed by atoms with Crippen LogP contribution in [0.4, 0.5) is 0 Å². The Morgan fingerprint density at radius 1 is 1.17 bits per heavy atom. The van der Waals surface area contributed by atoms with Gasteiger partial charge in [0, 0.05) is 18.6 Å². The van der Waals surface area contributed by atoms with E-state index in [0.717, 1.165) is 0 Å². The van der Waals surface area contributed by atoms with Crippen LogP contribution in [0.1, 0.15) is 28.4 Å². The summed E-state index contributed by atoms with van der Waals surface area (Å²) in [5, 5.41) is 61.2. The van der Waals surface area contributed by atoms with Crippen LogP contribution in [0.2, 0.25) is 0 Å². The smallest absolute Gasteiger partial charge is 0.195 e. The number of methoxy groups -OCH3 is 1. The molecule has 0 heterocycles. The topological polar surface area (TPSA) is 165 Å². The van der Waals surface area contributed by atoms with Crippen LogP contribution in [-0.4, -0.2) is 73.7 Å². The molecule has 0 saturated heterocycles. The second-order valence-corrected chi connectivity index (χ2v) is 7.65. The molecule has 3 rings (SSSR count). The number of hydrogen-bond acceptors (Lipinski definition) is 9. The van der Waals surface area contributed by atoms with E-state index in [2.05, 4.69) is 0 Å². The van der Waals surface area contributed by atoms with Gasteiger partial charge in [0.1, 0.15) is 35.6 Å². The molecule has 0 saturated carbocycles. The molecule has 2 aromatic rings. The zero-order chi connectivity index (χ0) is 22.5. The van der Waals surface area contributed by atoms with Crippen LogP contribution in [0.5, 0.6) is 17.2 Å². The molecule has 9 heteroatoms. The molecule has 1 aliphatic carbocycles. The standard InChI is InChI=1S/C21H24O9/c1-7-12(23)6-10-4-9-5-11(21(30-3)20(29)16(25)8(2)22)17(26)19(28)14(9)18(27)13(10)15(7)24/h4,6,8,11,16-17,21-27H,5H2,1-3H3/t8-,11+,16-,17-,21+/m1/s1. The molecule has 9 nitrogen and oxygen atoms in total. The van der Waals surface area contributed by atoms with E-state index in [4.69, 9.17) is 4.74 Å². The van der Waals surface area contributed by atoms with Gasteiger partial charge >= 0.3 is 0 Å². The molecule has 0 fully saturated rings. The Morgan fingerprint density at radius 3 is 2.37 bits per heavy atom. The Balaban J connectivity index is 2.14. The number of aliphatic hydroxyl groups excluding tert-OH is 3. The molecule has 0 bridgehead atoms. The Morgan fingerprint density at radius 2 is 1.80 bits per heavy atom. The van der Waals surface area contributed by atoms with Crippen LogP contribution >= 0.6 is 0 Å². The first-order chi connectivity index (χ1) is 14.0. The highest BCUT2D eigenvalue weighted by Gasteiger charge is 2.45. The maximum Gasteiger partial charge on any atom is 0.195 e. The van der Waals surface area contributed by atoms with Gasteiger partial charge < -0.3 is 35.4 Å². The first-order valence-corrected chi connectivity index (χ1v) is 9.36. The van der Waals surface area contributed by atoms with Crippen molar-refractivity contribution < 1.29 is 45.0 Å². The molecule has 5 atom stereocenters. The summed E-state index contributed by atoms with van der Waals surface area (Å²) in [7, 11) is 1.18. The number of rotatable bonds is 5. The van der Waals surface area contributed by atoms with E-state index < -0.39 is 47.6 Å². The number of Topliss-reactive ketones (excluding diaryl/α,β-unsaturated/α-hetero) is 2. The minimum atomic E-state index is -1.76. The van der Waals surface area contributed by atoms with Crippen molar-refractivity contribution in [2.75, 3.05) is 7.11 Å². The Kier molecular flexibility index (Phi) is 5.74. The van der Waals surface area contributed by atoms with Gasteiger partial charge in [-0.05, 0) is 43.4 Å². The van der Waals surface area contributed by atoms with Crippen LogP contribution in [0.25, 0.3) is 10.8 Å². The van der Waals surface area contributed by atoms with Crippen molar-refractivity contribution in [2.45, 2.75) is 44.7 Å². The van der Waals surface area contributed by atoms with Gasteiger partial charge in [0.15, 0.2) is 11.6 Å². The number of fused-ring (bicyclic) bond motifs is 2. The van der Waals surface area contributed by atoms with Crippen molar-refractivity contribution in [1.29, 1.82) is 0 Å². The predicted molar refractivity (Wildman–Crippen MR) is 105 cm³/mol. The number of ether oxygens (including phenoxy) is 1. The number of carbonyl (C=O) groups excluding carboxylic acids is 2. The highest BCUT2D eigenvalue weighted by Crippen LogP contribution is 2.45. The lowest BCUT2D eigenvalue weighted by Crippen LogP contribution is -2.50. The van der Waals surface area contributed by atoms with E-state index in [1.807, 2.05) is 0 Å². The first-order valence-electron chi connectivity index (χ1n) is 9.36. The molecule has 0 spiro atoms. The summed E-state index contributed by atoms with van der Waals surface area (Å²) in [5.74, 6) is -3.96. The third-order valence-corrected chi connectivity index (χ3v) is 5.73. The van der Waals surface area contributed by atoms with Crippen molar-refractivity contribution in [2.24, 2.45) is 5.92 Å². The molecule has 0 amide bonds. The molecule has 162 valence electrons. The number of phenolic OH excluding ortho intramolecular Hbond substituents is 3. The Labute approximate surface area is 171 Å². The minimum absolute atomic E-state index is 0.0352.